The second kappa shape index (κ2) is 9.46. The number of rotatable bonds is 7. The van der Waals surface area contributed by atoms with Gasteiger partial charge in [-0.2, -0.15) is 0 Å². The van der Waals surface area contributed by atoms with E-state index in [1.807, 2.05) is 48.5 Å². The van der Waals surface area contributed by atoms with E-state index in [0.717, 1.165) is 29.8 Å². The fraction of sp³-hybridized carbons (Fsp3) is 0.333. The highest BCUT2D eigenvalue weighted by Gasteiger charge is 2.23. The summed E-state index contributed by atoms with van der Waals surface area (Å²) in [6, 6.07) is 15.5. The summed E-state index contributed by atoms with van der Waals surface area (Å²) in [7, 11) is 1.62. The summed E-state index contributed by atoms with van der Waals surface area (Å²) in [4.78, 5) is 24.5. The van der Waals surface area contributed by atoms with Gasteiger partial charge in [-0.1, -0.05) is 36.4 Å². The zero-order valence-electron chi connectivity index (χ0n) is 15.4. The summed E-state index contributed by atoms with van der Waals surface area (Å²) in [5.41, 5.74) is 3.02. The summed E-state index contributed by atoms with van der Waals surface area (Å²) >= 11 is 1.55. The predicted octanol–water partition coefficient (Wildman–Crippen LogP) is 3.39. The summed E-state index contributed by atoms with van der Waals surface area (Å²) in [6.45, 7) is 0.437. The number of nitrogens with one attached hydrogen (secondary N) is 2. The van der Waals surface area contributed by atoms with Crippen molar-refractivity contribution < 1.29 is 14.3 Å². The van der Waals surface area contributed by atoms with Crippen LogP contribution >= 0.6 is 11.8 Å². The van der Waals surface area contributed by atoms with Gasteiger partial charge in [0.15, 0.2) is 0 Å². The lowest BCUT2D eigenvalue weighted by molar-refractivity contribution is -0.121. The molecule has 142 valence electrons. The molecule has 0 spiro atoms. The molecule has 0 saturated heterocycles. The molecule has 1 aliphatic heterocycles. The van der Waals surface area contributed by atoms with Crippen LogP contribution in [0.2, 0.25) is 0 Å². The number of aryl methyl sites for hydroxylation is 1. The maximum absolute atomic E-state index is 12.4. The van der Waals surface area contributed by atoms with Crippen LogP contribution in [-0.2, 0) is 22.6 Å². The zero-order chi connectivity index (χ0) is 19.1. The molecule has 2 N–H and O–H groups in total. The Kier molecular flexibility index (Phi) is 6.76. The lowest BCUT2D eigenvalue weighted by Crippen LogP contribution is -2.26. The van der Waals surface area contributed by atoms with Crippen LogP contribution in [0, 0.1) is 0 Å². The van der Waals surface area contributed by atoms with E-state index in [0.29, 0.717) is 18.7 Å². The molecule has 1 aliphatic rings. The van der Waals surface area contributed by atoms with Crippen LogP contribution < -0.4 is 15.4 Å². The lowest BCUT2D eigenvalue weighted by atomic mass is 10.1. The van der Waals surface area contributed by atoms with Crippen LogP contribution in [0.5, 0.6) is 5.75 Å². The molecule has 3 rings (SSSR count). The first-order chi connectivity index (χ1) is 13.2. The molecule has 27 heavy (non-hydrogen) atoms. The molecule has 1 heterocycles. The monoisotopic (exact) mass is 384 g/mol. The number of thioether (sulfide) groups is 1. The average Bonchev–Trinajstić information content (AvgIpc) is 2.85. The highest BCUT2D eigenvalue weighted by Crippen LogP contribution is 2.27. The van der Waals surface area contributed by atoms with E-state index < -0.39 is 0 Å². The van der Waals surface area contributed by atoms with Gasteiger partial charge >= 0.3 is 0 Å². The molecule has 0 fully saturated rings. The van der Waals surface area contributed by atoms with E-state index in [4.69, 9.17) is 4.74 Å². The molecule has 6 heteroatoms. The number of hydrogen-bond acceptors (Lipinski definition) is 4. The van der Waals surface area contributed by atoms with Crippen LogP contribution in [0.4, 0.5) is 5.69 Å². The number of ether oxygens (including phenoxy) is 1. The summed E-state index contributed by atoms with van der Waals surface area (Å²) in [5.74, 6) is 1.39. The van der Waals surface area contributed by atoms with E-state index in [1.165, 1.54) is 5.56 Å². The Morgan fingerprint density at radius 3 is 2.85 bits per heavy atom. The van der Waals surface area contributed by atoms with E-state index >= 15 is 0 Å². The fourth-order valence-electron chi connectivity index (χ4n) is 3.08. The van der Waals surface area contributed by atoms with Crippen molar-refractivity contribution in [1.82, 2.24) is 5.32 Å². The molecule has 2 aromatic carbocycles. The predicted molar refractivity (Wildman–Crippen MR) is 109 cm³/mol. The number of methoxy groups -OCH3 is 1. The van der Waals surface area contributed by atoms with Gasteiger partial charge in [0, 0.05) is 30.0 Å². The minimum atomic E-state index is -0.126. The molecule has 2 aromatic rings. The van der Waals surface area contributed by atoms with Crippen molar-refractivity contribution in [3.05, 3.63) is 59.7 Å². The number of para-hydroxylation sites is 2. The zero-order valence-corrected chi connectivity index (χ0v) is 16.2. The minimum absolute atomic E-state index is 0.0225. The smallest absolute Gasteiger partial charge is 0.237 e. The van der Waals surface area contributed by atoms with Gasteiger partial charge in [-0.25, -0.2) is 0 Å². The summed E-state index contributed by atoms with van der Waals surface area (Å²) < 4.78 is 5.29. The number of hydrogen-bond donors (Lipinski definition) is 2. The summed E-state index contributed by atoms with van der Waals surface area (Å²) in [5, 5.41) is 5.79. The molecule has 1 atom stereocenters. The number of anilines is 1. The van der Waals surface area contributed by atoms with Crippen LogP contribution in [0.3, 0.4) is 0 Å². The van der Waals surface area contributed by atoms with Gasteiger partial charge in [0.05, 0.1) is 12.4 Å². The highest BCUT2D eigenvalue weighted by atomic mass is 32.2. The molecule has 2 amide bonds. The average molecular weight is 385 g/mol. The Morgan fingerprint density at radius 2 is 2.00 bits per heavy atom. The van der Waals surface area contributed by atoms with Crippen molar-refractivity contribution >= 4 is 29.3 Å². The molecule has 0 saturated carbocycles. The van der Waals surface area contributed by atoms with Crippen molar-refractivity contribution in [2.24, 2.45) is 0 Å². The molecule has 0 aliphatic carbocycles. The van der Waals surface area contributed by atoms with Gasteiger partial charge in [-0.3, -0.25) is 9.59 Å². The third kappa shape index (κ3) is 5.26. The van der Waals surface area contributed by atoms with E-state index in [-0.39, 0.29) is 17.1 Å². The molecule has 0 unspecified atom stereocenters. The first-order valence-electron chi connectivity index (χ1n) is 9.06. The fourth-order valence-corrected chi connectivity index (χ4v) is 4.16. The SMILES string of the molecule is COc1ccccc1CNC(=O)CCS[C@H]1CCc2ccccc2NC1=O. The second-order valence-electron chi connectivity index (χ2n) is 6.38. The van der Waals surface area contributed by atoms with E-state index in [1.54, 1.807) is 18.9 Å². The maximum Gasteiger partial charge on any atom is 0.237 e. The molecule has 0 bridgehead atoms. The van der Waals surface area contributed by atoms with E-state index in [9.17, 15) is 9.59 Å². The quantitative estimate of drug-likeness (QED) is 0.768. The molecule has 0 radical (unpaired) electrons. The number of fused-ring (bicyclic) bond motifs is 1. The van der Waals surface area contributed by atoms with Gasteiger partial charge in [-0.15, -0.1) is 11.8 Å². The first kappa shape index (κ1) is 19.3. The molecular formula is C21H24N2O3S. The van der Waals surface area contributed by atoms with Crippen molar-refractivity contribution in [2.45, 2.75) is 31.1 Å². The second-order valence-corrected chi connectivity index (χ2v) is 7.69. The largest absolute Gasteiger partial charge is 0.496 e. The molecule has 0 aromatic heterocycles. The number of carbonyl (C=O) groups excluding carboxylic acids is 2. The maximum atomic E-state index is 12.4. The number of amides is 2. The number of carbonyl (C=O) groups is 2. The third-order valence-electron chi connectivity index (χ3n) is 4.56. The van der Waals surface area contributed by atoms with Gasteiger partial charge < -0.3 is 15.4 Å². The molecular weight excluding hydrogens is 360 g/mol. The topological polar surface area (TPSA) is 67.4 Å². The first-order valence-corrected chi connectivity index (χ1v) is 10.1. The Labute approximate surface area is 163 Å². The summed E-state index contributed by atoms with van der Waals surface area (Å²) in [6.07, 6.45) is 2.04. The standard InChI is InChI=1S/C21H24N2O3S/c1-26-18-9-5-3-7-16(18)14-22-20(24)12-13-27-19-11-10-15-6-2-4-8-17(15)23-21(19)25/h2-9,19H,10-14H2,1H3,(H,22,24)(H,23,25)/t19-/m0/s1. The van der Waals surface area contributed by atoms with Gasteiger partial charge in [0.1, 0.15) is 5.75 Å². The Bertz CT molecular complexity index is 810. The minimum Gasteiger partial charge on any atom is -0.496 e. The van der Waals surface area contributed by atoms with Crippen molar-refractivity contribution in [2.75, 3.05) is 18.2 Å². The van der Waals surface area contributed by atoms with Gasteiger partial charge in [0.25, 0.3) is 0 Å². The van der Waals surface area contributed by atoms with Crippen LogP contribution in [0.25, 0.3) is 0 Å². The Balaban J connectivity index is 1.43. The van der Waals surface area contributed by atoms with Crippen molar-refractivity contribution in [3.8, 4) is 5.75 Å². The van der Waals surface area contributed by atoms with Crippen LogP contribution in [-0.4, -0.2) is 29.9 Å². The van der Waals surface area contributed by atoms with Crippen molar-refractivity contribution in [1.29, 1.82) is 0 Å². The van der Waals surface area contributed by atoms with Crippen LogP contribution in [0.15, 0.2) is 48.5 Å². The Hall–Kier alpha value is -2.47. The number of benzene rings is 2. The van der Waals surface area contributed by atoms with E-state index in [2.05, 4.69) is 10.6 Å². The van der Waals surface area contributed by atoms with Gasteiger partial charge in [0.2, 0.25) is 11.8 Å². The lowest BCUT2D eigenvalue weighted by Gasteiger charge is -2.13. The Morgan fingerprint density at radius 1 is 1.22 bits per heavy atom. The van der Waals surface area contributed by atoms with Gasteiger partial charge in [-0.05, 0) is 30.5 Å². The highest BCUT2D eigenvalue weighted by molar-refractivity contribution is 8.00. The van der Waals surface area contributed by atoms with Crippen LogP contribution in [0.1, 0.15) is 24.0 Å². The molecule has 5 nitrogen and oxygen atoms in total. The third-order valence-corrected chi connectivity index (χ3v) is 5.85. The van der Waals surface area contributed by atoms with Crippen molar-refractivity contribution in [3.63, 3.8) is 0 Å². The normalized spacial score (nSPS) is 16.0.